The summed E-state index contributed by atoms with van der Waals surface area (Å²) in [7, 11) is 0. The van der Waals surface area contributed by atoms with Gasteiger partial charge in [-0.1, -0.05) is 0 Å². The average Bonchev–Trinajstić information content (AvgIpc) is 2.58. The van der Waals surface area contributed by atoms with Crippen LogP contribution in [0.2, 0.25) is 0 Å². The van der Waals surface area contributed by atoms with Crippen molar-refractivity contribution < 1.29 is 9.90 Å². The number of aryl methyl sites for hydroxylation is 1. The van der Waals surface area contributed by atoms with Crippen molar-refractivity contribution in [2.75, 3.05) is 6.61 Å². The molecule has 78 valence electrons. The summed E-state index contributed by atoms with van der Waals surface area (Å²) in [5.74, 6) is -0.0353. The predicted octanol–water partition coefficient (Wildman–Crippen LogP) is 0.840. The highest BCUT2D eigenvalue weighted by Gasteiger charge is 2.02. The van der Waals surface area contributed by atoms with Gasteiger partial charge in [-0.25, -0.2) is 4.98 Å². The molecule has 1 amide bonds. The minimum absolute atomic E-state index is 0.0353. The van der Waals surface area contributed by atoms with Crippen LogP contribution in [0.4, 0.5) is 0 Å². The second kappa shape index (κ2) is 5.72. The molecule has 0 aliphatic carbocycles. The molecule has 0 unspecified atom stereocenters. The van der Waals surface area contributed by atoms with Crippen LogP contribution in [-0.4, -0.2) is 22.6 Å². The highest BCUT2D eigenvalue weighted by atomic mass is 32.1. The molecule has 0 fully saturated rings. The van der Waals surface area contributed by atoms with E-state index in [1.807, 2.05) is 6.92 Å². The minimum atomic E-state index is -0.0353. The van der Waals surface area contributed by atoms with Crippen LogP contribution in [0.25, 0.3) is 0 Å². The van der Waals surface area contributed by atoms with E-state index < -0.39 is 0 Å². The van der Waals surface area contributed by atoms with Crippen molar-refractivity contribution in [1.82, 2.24) is 10.3 Å². The highest BCUT2D eigenvalue weighted by Crippen LogP contribution is 2.10. The fourth-order valence-electron chi connectivity index (χ4n) is 0.985. The van der Waals surface area contributed by atoms with E-state index in [4.69, 9.17) is 5.11 Å². The Morgan fingerprint density at radius 2 is 2.50 bits per heavy atom. The fourth-order valence-corrected chi connectivity index (χ4v) is 1.71. The lowest BCUT2D eigenvalue weighted by Gasteiger charge is -2.00. The molecule has 1 aromatic heterocycles. The number of aliphatic hydroxyl groups excluding tert-OH is 1. The molecule has 0 atom stereocenters. The van der Waals surface area contributed by atoms with Gasteiger partial charge in [0.1, 0.15) is 5.01 Å². The van der Waals surface area contributed by atoms with Crippen molar-refractivity contribution >= 4 is 17.2 Å². The standard InChI is InChI=1S/C9H14N2O2S/c1-7-5-11-9(14-7)6-10-8(13)3-2-4-12/h5,12H,2-4,6H2,1H3,(H,10,13). The summed E-state index contributed by atoms with van der Waals surface area (Å²) in [6, 6.07) is 0. The van der Waals surface area contributed by atoms with Crippen molar-refractivity contribution in [3.8, 4) is 0 Å². The normalized spacial score (nSPS) is 10.1. The number of nitrogens with zero attached hydrogens (tertiary/aromatic N) is 1. The van der Waals surface area contributed by atoms with Gasteiger partial charge in [-0.2, -0.15) is 0 Å². The summed E-state index contributed by atoms with van der Waals surface area (Å²) >= 11 is 1.58. The van der Waals surface area contributed by atoms with Gasteiger partial charge in [0.25, 0.3) is 0 Å². The summed E-state index contributed by atoms with van der Waals surface area (Å²) in [4.78, 5) is 16.4. The SMILES string of the molecule is Cc1cnc(CNC(=O)CCCO)s1. The van der Waals surface area contributed by atoms with Gasteiger partial charge in [-0.05, 0) is 13.3 Å². The quantitative estimate of drug-likeness (QED) is 0.763. The number of aromatic nitrogens is 1. The third-order valence-corrected chi connectivity index (χ3v) is 2.58. The zero-order chi connectivity index (χ0) is 10.4. The molecule has 0 bridgehead atoms. The van der Waals surface area contributed by atoms with Crippen molar-refractivity contribution in [2.45, 2.75) is 26.3 Å². The van der Waals surface area contributed by atoms with Gasteiger partial charge < -0.3 is 10.4 Å². The molecule has 0 spiro atoms. The van der Waals surface area contributed by atoms with Gasteiger partial charge in [-0.15, -0.1) is 11.3 Å². The van der Waals surface area contributed by atoms with Gasteiger partial charge >= 0.3 is 0 Å². The Balaban J connectivity index is 2.23. The number of hydrogen-bond acceptors (Lipinski definition) is 4. The van der Waals surface area contributed by atoms with Gasteiger partial charge in [0.05, 0.1) is 6.54 Å². The molecule has 0 aliphatic rings. The van der Waals surface area contributed by atoms with E-state index in [9.17, 15) is 4.79 Å². The fraction of sp³-hybridized carbons (Fsp3) is 0.556. The molecule has 1 aromatic rings. The summed E-state index contributed by atoms with van der Waals surface area (Å²) in [5, 5.41) is 12.2. The molecule has 0 aliphatic heterocycles. The van der Waals surface area contributed by atoms with Crippen LogP contribution in [-0.2, 0) is 11.3 Å². The molecular formula is C9H14N2O2S. The number of hydrogen-bond donors (Lipinski definition) is 2. The van der Waals surface area contributed by atoms with Crippen LogP contribution in [0.3, 0.4) is 0 Å². The second-order valence-electron chi connectivity index (χ2n) is 2.97. The molecule has 0 saturated heterocycles. The smallest absolute Gasteiger partial charge is 0.220 e. The molecule has 2 N–H and O–H groups in total. The molecule has 0 aromatic carbocycles. The first kappa shape index (κ1) is 11.1. The van der Waals surface area contributed by atoms with E-state index in [1.165, 1.54) is 0 Å². The number of carbonyl (C=O) groups is 1. The third kappa shape index (κ3) is 3.85. The summed E-state index contributed by atoms with van der Waals surface area (Å²) in [6.45, 7) is 2.53. The Labute approximate surface area is 87.0 Å². The van der Waals surface area contributed by atoms with Crippen molar-refractivity contribution in [3.63, 3.8) is 0 Å². The Bertz CT molecular complexity index is 299. The lowest BCUT2D eigenvalue weighted by atomic mass is 10.3. The predicted molar refractivity (Wildman–Crippen MR) is 55.0 cm³/mol. The first-order valence-corrected chi connectivity index (χ1v) is 5.33. The van der Waals surface area contributed by atoms with Crippen LogP contribution in [0.5, 0.6) is 0 Å². The van der Waals surface area contributed by atoms with E-state index >= 15 is 0 Å². The number of rotatable bonds is 5. The van der Waals surface area contributed by atoms with E-state index in [0.717, 1.165) is 9.88 Å². The summed E-state index contributed by atoms with van der Waals surface area (Å²) < 4.78 is 0. The van der Waals surface area contributed by atoms with Crippen molar-refractivity contribution in [2.24, 2.45) is 0 Å². The maximum absolute atomic E-state index is 11.1. The zero-order valence-corrected chi connectivity index (χ0v) is 8.93. The molecule has 4 nitrogen and oxygen atoms in total. The number of amides is 1. The van der Waals surface area contributed by atoms with Crippen LogP contribution < -0.4 is 5.32 Å². The monoisotopic (exact) mass is 214 g/mol. The third-order valence-electron chi connectivity index (χ3n) is 1.67. The van der Waals surface area contributed by atoms with E-state index in [2.05, 4.69) is 10.3 Å². The van der Waals surface area contributed by atoms with Gasteiger partial charge in [0.15, 0.2) is 0 Å². The van der Waals surface area contributed by atoms with Crippen molar-refractivity contribution in [1.29, 1.82) is 0 Å². The number of aliphatic hydroxyl groups is 1. The molecule has 14 heavy (non-hydrogen) atoms. The first-order valence-electron chi connectivity index (χ1n) is 4.51. The lowest BCUT2D eigenvalue weighted by molar-refractivity contribution is -0.121. The van der Waals surface area contributed by atoms with Gasteiger partial charge in [-0.3, -0.25) is 4.79 Å². The van der Waals surface area contributed by atoms with Gasteiger partial charge in [0.2, 0.25) is 5.91 Å². The topological polar surface area (TPSA) is 62.2 Å². The summed E-state index contributed by atoms with van der Waals surface area (Å²) in [5.41, 5.74) is 0. The van der Waals surface area contributed by atoms with Crippen molar-refractivity contribution in [3.05, 3.63) is 16.1 Å². The Morgan fingerprint density at radius 1 is 1.71 bits per heavy atom. The van der Waals surface area contributed by atoms with E-state index in [1.54, 1.807) is 17.5 Å². The van der Waals surface area contributed by atoms with Crippen LogP contribution in [0.1, 0.15) is 22.7 Å². The number of nitrogens with one attached hydrogen (secondary N) is 1. The molecule has 1 heterocycles. The molecule has 1 rings (SSSR count). The Hall–Kier alpha value is -0.940. The van der Waals surface area contributed by atoms with E-state index in [0.29, 0.717) is 19.4 Å². The largest absolute Gasteiger partial charge is 0.396 e. The Morgan fingerprint density at radius 3 is 3.07 bits per heavy atom. The van der Waals surface area contributed by atoms with E-state index in [-0.39, 0.29) is 12.5 Å². The first-order chi connectivity index (χ1) is 6.72. The Kier molecular flexibility index (Phi) is 4.55. The zero-order valence-electron chi connectivity index (χ0n) is 8.12. The summed E-state index contributed by atoms with van der Waals surface area (Å²) in [6.07, 6.45) is 2.68. The molecule has 5 heteroatoms. The number of thiazole rings is 1. The van der Waals surface area contributed by atoms with Crippen LogP contribution in [0, 0.1) is 6.92 Å². The highest BCUT2D eigenvalue weighted by molar-refractivity contribution is 7.11. The maximum Gasteiger partial charge on any atom is 0.220 e. The average molecular weight is 214 g/mol. The molecular weight excluding hydrogens is 200 g/mol. The molecule has 0 radical (unpaired) electrons. The second-order valence-corrected chi connectivity index (χ2v) is 4.29. The van der Waals surface area contributed by atoms with Gasteiger partial charge in [0, 0.05) is 24.1 Å². The number of carbonyl (C=O) groups excluding carboxylic acids is 1. The molecule has 0 saturated carbocycles. The maximum atomic E-state index is 11.1. The van der Waals surface area contributed by atoms with Crippen LogP contribution in [0.15, 0.2) is 6.20 Å². The van der Waals surface area contributed by atoms with Crippen LogP contribution >= 0.6 is 11.3 Å². The lowest BCUT2D eigenvalue weighted by Crippen LogP contribution is -2.22. The minimum Gasteiger partial charge on any atom is -0.396 e.